The molecule has 8 heteroatoms. The van der Waals surface area contributed by atoms with Crippen LogP contribution in [0.5, 0.6) is 0 Å². The molecule has 0 saturated heterocycles. The van der Waals surface area contributed by atoms with E-state index in [0.717, 1.165) is 27.4 Å². The molecule has 0 radical (unpaired) electrons. The van der Waals surface area contributed by atoms with Crippen molar-refractivity contribution in [2.24, 2.45) is 0 Å². The number of amides is 1. The smallest absolute Gasteiger partial charge is 0.234 e. The zero-order valence-corrected chi connectivity index (χ0v) is 16.3. The Kier molecular flexibility index (Phi) is 5.03. The molecule has 0 aliphatic heterocycles. The van der Waals surface area contributed by atoms with Gasteiger partial charge in [0.1, 0.15) is 5.03 Å². The van der Waals surface area contributed by atoms with E-state index in [0.29, 0.717) is 11.5 Å². The molecule has 0 fully saturated rings. The lowest BCUT2D eigenvalue weighted by Gasteiger charge is -2.07. The highest BCUT2D eigenvalue weighted by atomic mass is 32.2. The molecule has 0 aliphatic rings. The standard InChI is InChI=1S/C20H18N6OS/c1-13-9-14(2)11-16(10-13)22-18(27)12-28-19-4-3-17-23-24-20(26(17)25-19)15-5-7-21-8-6-15/h3-11H,12H2,1-2H3,(H,22,27). The first-order valence-corrected chi connectivity index (χ1v) is 9.71. The molecule has 0 aliphatic carbocycles. The highest BCUT2D eigenvalue weighted by Crippen LogP contribution is 2.21. The summed E-state index contributed by atoms with van der Waals surface area (Å²) in [5.74, 6) is 0.827. The summed E-state index contributed by atoms with van der Waals surface area (Å²) in [4.78, 5) is 16.3. The summed E-state index contributed by atoms with van der Waals surface area (Å²) in [5, 5.41) is 16.6. The number of hydrogen-bond donors (Lipinski definition) is 1. The lowest BCUT2D eigenvalue weighted by molar-refractivity contribution is -0.113. The van der Waals surface area contributed by atoms with Crippen LogP contribution >= 0.6 is 11.8 Å². The van der Waals surface area contributed by atoms with Crippen molar-refractivity contribution >= 4 is 29.0 Å². The fourth-order valence-corrected chi connectivity index (χ4v) is 3.57. The number of pyridine rings is 1. The van der Waals surface area contributed by atoms with E-state index in [4.69, 9.17) is 0 Å². The molecule has 3 aromatic heterocycles. The van der Waals surface area contributed by atoms with Crippen LogP contribution in [-0.4, -0.2) is 36.5 Å². The number of hydrogen-bond acceptors (Lipinski definition) is 6. The molecule has 4 rings (SSSR count). The van der Waals surface area contributed by atoms with Crippen molar-refractivity contribution < 1.29 is 4.79 Å². The zero-order chi connectivity index (χ0) is 19.5. The number of anilines is 1. The van der Waals surface area contributed by atoms with Gasteiger partial charge in [0.2, 0.25) is 5.91 Å². The summed E-state index contributed by atoms with van der Waals surface area (Å²) in [6.45, 7) is 4.02. The van der Waals surface area contributed by atoms with Crippen LogP contribution in [0, 0.1) is 13.8 Å². The largest absolute Gasteiger partial charge is 0.325 e. The van der Waals surface area contributed by atoms with Crippen molar-refractivity contribution in [1.29, 1.82) is 0 Å². The molecule has 28 heavy (non-hydrogen) atoms. The minimum atomic E-state index is -0.0741. The average molecular weight is 390 g/mol. The summed E-state index contributed by atoms with van der Waals surface area (Å²) in [6, 6.07) is 13.4. The Balaban J connectivity index is 1.48. The van der Waals surface area contributed by atoms with Crippen molar-refractivity contribution in [3.8, 4) is 11.4 Å². The third kappa shape index (κ3) is 4.01. The van der Waals surface area contributed by atoms with Crippen LogP contribution in [0.4, 0.5) is 5.69 Å². The maximum absolute atomic E-state index is 12.3. The third-order valence-electron chi connectivity index (χ3n) is 4.03. The first kappa shape index (κ1) is 18.1. The fourth-order valence-electron chi connectivity index (χ4n) is 2.91. The van der Waals surface area contributed by atoms with Crippen molar-refractivity contribution in [3.05, 3.63) is 66.0 Å². The molecule has 7 nitrogen and oxygen atoms in total. The predicted molar refractivity (Wildman–Crippen MR) is 109 cm³/mol. The number of benzene rings is 1. The number of carbonyl (C=O) groups is 1. The number of carbonyl (C=O) groups excluding carboxylic acids is 1. The zero-order valence-electron chi connectivity index (χ0n) is 15.5. The van der Waals surface area contributed by atoms with Gasteiger partial charge >= 0.3 is 0 Å². The Hall–Kier alpha value is -3.26. The molecular weight excluding hydrogens is 372 g/mol. The molecule has 4 aromatic rings. The number of aromatic nitrogens is 5. The maximum atomic E-state index is 12.3. The second-order valence-corrected chi connectivity index (χ2v) is 7.41. The van der Waals surface area contributed by atoms with Crippen LogP contribution in [0.25, 0.3) is 17.0 Å². The van der Waals surface area contributed by atoms with Gasteiger partial charge in [0.15, 0.2) is 11.5 Å². The predicted octanol–water partition coefficient (Wildman–Crippen LogP) is 3.53. The van der Waals surface area contributed by atoms with Gasteiger partial charge in [-0.1, -0.05) is 17.8 Å². The number of rotatable bonds is 5. The van der Waals surface area contributed by atoms with Crippen molar-refractivity contribution in [1.82, 2.24) is 24.8 Å². The highest BCUT2D eigenvalue weighted by molar-refractivity contribution is 7.99. The topological polar surface area (TPSA) is 85.1 Å². The second kappa shape index (κ2) is 7.77. The Morgan fingerprint density at radius 2 is 1.79 bits per heavy atom. The SMILES string of the molecule is Cc1cc(C)cc(NC(=O)CSc2ccc3nnc(-c4ccncc4)n3n2)c1. The van der Waals surface area contributed by atoms with Crippen LogP contribution in [0.15, 0.2) is 59.9 Å². The normalized spacial score (nSPS) is 10.9. The molecule has 0 saturated carbocycles. The molecule has 1 N–H and O–H groups in total. The highest BCUT2D eigenvalue weighted by Gasteiger charge is 2.11. The summed E-state index contributed by atoms with van der Waals surface area (Å²) in [6.07, 6.45) is 3.40. The third-order valence-corrected chi connectivity index (χ3v) is 4.95. The van der Waals surface area contributed by atoms with Gasteiger partial charge in [0.25, 0.3) is 0 Å². The van der Waals surface area contributed by atoms with E-state index in [-0.39, 0.29) is 11.7 Å². The Labute approximate surface area is 166 Å². The minimum Gasteiger partial charge on any atom is -0.325 e. The average Bonchev–Trinajstić information content (AvgIpc) is 3.09. The summed E-state index contributed by atoms with van der Waals surface area (Å²) in [5.41, 5.74) is 4.57. The Morgan fingerprint density at radius 1 is 1.04 bits per heavy atom. The number of nitrogens with one attached hydrogen (secondary N) is 1. The fraction of sp³-hybridized carbons (Fsp3) is 0.150. The van der Waals surface area contributed by atoms with Crippen LogP contribution in [0.1, 0.15) is 11.1 Å². The Bertz CT molecular complexity index is 1120. The second-order valence-electron chi connectivity index (χ2n) is 6.41. The molecule has 0 bridgehead atoms. The van der Waals surface area contributed by atoms with Gasteiger partial charge in [0.05, 0.1) is 5.75 Å². The minimum absolute atomic E-state index is 0.0741. The summed E-state index contributed by atoms with van der Waals surface area (Å²) < 4.78 is 1.68. The summed E-state index contributed by atoms with van der Waals surface area (Å²) in [7, 11) is 0. The van der Waals surface area contributed by atoms with Gasteiger partial charge in [0, 0.05) is 23.6 Å². The first-order chi connectivity index (χ1) is 13.6. The quantitative estimate of drug-likeness (QED) is 0.525. The van der Waals surface area contributed by atoms with Crippen molar-refractivity contribution in [3.63, 3.8) is 0 Å². The van der Waals surface area contributed by atoms with Gasteiger partial charge in [-0.25, -0.2) is 0 Å². The number of nitrogens with zero attached hydrogens (tertiary/aromatic N) is 5. The van der Waals surface area contributed by atoms with Crippen molar-refractivity contribution in [2.75, 3.05) is 11.1 Å². The van der Waals surface area contributed by atoms with E-state index in [1.54, 1.807) is 16.9 Å². The van der Waals surface area contributed by atoms with Gasteiger partial charge in [-0.15, -0.1) is 10.2 Å². The molecule has 1 aromatic carbocycles. The van der Waals surface area contributed by atoms with E-state index < -0.39 is 0 Å². The lowest BCUT2D eigenvalue weighted by Crippen LogP contribution is -2.14. The Morgan fingerprint density at radius 3 is 2.54 bits per heavy atom. The number of aryl methyl sites for hydroxylation is 2. The monoisotopic (exact) mass is 390 g/mol. The maximum Gasteiger partial charge on any atom is 0.234 e. The van der Waals surface area contributed by atoms with Gasteiger partial charge < -0.3 is 5.32 Å². The van der Waals surface area contributed by atoms with Crippen LogP contribution in [0.2, 0.25) is 0 Å². The molecule has 1 amide bonds. The molecule has 0 spiro atoms. The van der Waals surface area contributed by atoms with Crippen molar-refractivity contribution in [2.45, 2.75) is 18.9 Å². The van der Waals surface area contributed by atoms with Crippen LogP contribution in [-0.2, 0) is 4.79 Å². The molecule has 0 unspecified atom stereocenters. The van der Waals surface area contributed by atoms with Gasteiger partial charge in [-0.3, -0.25) is 9.78 Å². The van der Waals surface area contributed by atoms with E-state index in [2.05, 4.69) is 31.7 Å². The van der Waals surface area contributed by atoms with Gasteiger partial charge in [-0.05, 0) is 61.4 Å². The van der Waals surface area contributed by atoms with Gasteiger partial charge in [-0.2, -0.15) is 9.61 Å². The van der Waals surface area contributed by atoms with E-state index >= 15 is 0 Å². The van der Waals surface area contributed by atoms with E-state index in [1.807, 2.05) is 50.2 Å². The van der Waals surface area contributed by atoms with Crippen LogP contribution < -0.4 is 5.32 Å². The first-order valence-electron chi connectivity index (χ1n) is 8.72. The van der Waals surface area contributed by atoms with E-state index in [1.165, 1.54) is 11.8 Å². The molecule has 3 heterocycles. The number of thioether (sulfide) groups is 1. The molecule has 0 atom stereocenters. The van der Waals surface area contributed by atoms with E-state index in [9.17, 15) is 4.79 Å². The summed E-state index contributed by atoms with van der Waals surface area (Å²) >= 11 is 1.37. The molecular formula is C20H18N6OS. The molecule has 140 valence electrons. The number of fused-ring (bicyclic) bond motifs is 1. The van der Waals surface area contributed by atoms with Crippen LogP contribution in [0.3, 0.4) is 0 Å². The lowest BCUT2D eigenvalue weighted by atomic mass is 10.1.